The highest BCUT2D eigenvalue weighted by Crippen LogP contribution is 1.97. The van der Waals surface area contributed by atoms with Gasteiger partial charge in [-0.1, -0.05) is 34.1 Å². The molecular formula is C11H26N2. The molecule has 0 amide bonds. The first-order valence-corrected chi connectivity index (χ1v) is 5.53. The topological polar surface area (TPSA) is 24.1 Å². The van der Waals surface area contributed by atoms with E-state index in [1.165, 1.54) is 6.42 Å². The molecule has 0 heterocycles. The van der Waals surface area contributed by atoms with Gasteiger partial charge >= 0.3 is 0 Å². The SMILES string of the molecule is CCC(C)CNC(C)CNC(C)C. The van der Waals surface area contributed by atoms with Crippen molar-refractivity contribution in [2.45, 2.75) is 53.1 Å². The molecule has 2 atom stereocenters. The van der Waals surface area contributed by atoms with Crippen molar-refractivity contribution < 1.29 is 0 Å². The summed E-state index contributed by atoms with van der Waals surface area (Å²) in [6, 6.07) is 1.17. The second-order valence-corrected chi connectivity index (χ2v) is 4.39. The van der Waals surface area contributed by atoms with Gasteiger partial charge in [-0.3, -0.25) is 0 Å². The third kappa shape index (κ3) is 8.26. The maximum absolute atomic E-state index is 3.53. The molecule has 2 N–H and O–H groups in total. The highest BCUT2D eigenvalue weighted by Gasteiger charge is 2.03. The fourth-order valence-corrected chi connectivity index (χ4v) is 1.03. The van der Waals surface area contributed by atoms with E-state index in [1.54, 1.807) is 0 Å². The first-order chi connectivity index (χ1) is 6.06. The first kappa shape index (κ1) is 12.9. The highest BCUT2D eigenvalue weighted by molar-refractivity contribution is 4.67. The Morgan fingerprint density at radius 1 is 0.923 bits per heavy atom. The summed E-state index contributed by atoms with van der Waals surface area (Å²) in [6.07, 6.45) is 1.26. The maximum atomic E-state index is 3.53. The minimum absolute atomic E-state index is 0.580. The van der Waals surface area contributed by atoms with Gasteiger partial charge in [-0.15, -0.1) is 0 Å². The molecule has 0 bridgehead atoms. The summed E-state index contributed by atoms with van der Waals surface area (Å²) in [7, 11) is 0. The van der Waals surface area contributed by atoms with Gasteiger partial charge in [0.1, 0.15) is 0 Å². The van der Waals surface area contributed by atoms with Crippen LogP contribution in [0.2, 0.25) is 0 Å². The van der Waals surface area contributed by atoms with E-state index in [9.17, 15) is 0 Å². The van der Waals surface area contributed by atoms with E-state index in [4.69, 9.17) is 0 Å². The van der Waals surface area contributed by atoms with Crippen LogP contribution in [0.3, 0.4) is 0 Å². The zero-order valence-electron chi connectivity index (χ0n) is 9.85. The Balaban J connectivity index is 3.34. The number of rotatable bonds is 7. The number of nitrogens with one attached hydrogen (secondary N) is 2. The second kappa shape index (κ2) is 7.34. The Morgan fingerprint density at radius 3 is 2.00 bits per heavy atom. The smallest absolute Gasteiger partial charge is 0.0164 e. The van der Waals surface area contributed by atoms with Gasteiger partial charge in [0.15, 0.2) is 0 Å². The lowest BCUT2D eigenvalue weighted by Gasteiger charge is -2.18. The van der Waals surface area contributed by atoms with Gasteiger partial charge in [0.25, 0.3) is 0 Å². The van der Waals surface area contributed by atoms with Crippen molar-refractivity contribution in [3.8, 4) is 0 Å². The van der Waals surface area contributed by atoms with Gasteiger partial charge in [0.2, 0.25) is 0 Å². The number of hydrogen-bond acceptors (Lipinski definition) is 2. The Kier molecular flexibility index (Phi) is 7.29. The Hall–Kier alpha value is -0.0800. The largest absolute Gasteiger partial charge is 0.313 e. The molecule has 0 saturated heterocycles. The van der Waals surface area contributed by atoms with E-state index in [-0.39, 0.29) is 0 Å². The minimum Gasteiger partial charge on any atom is -0.313 e. The van der Waals surface area contributed by atoms with Crippen LogP contribution in [-0.4, -0.2) is 25.2 Å². The van der Waals surface area contributed by atoms with Crippen molar-refractivity contribution in [1.29, 1.82) is 0 Å². The lowest BCUT2D eigenvalue weighted by molar-refractivity contribution is 0.425. The predicted octanol–water partition coefficient (Wildman–Crippen LogP) is 2.01. The Bertz CT molecular complexity index is 113. The van der Waals surface area contributed by atoms with Gasteiger partial charge in [-0.05, 0) is 19.4 Å². The normalized spacial score (nSPS) is 16.2. The van der Waals surface area contributed by atoms with Crippen LogP contribution in [-0.2, 0) is 0 Å². The molecule has 0 aliphatic rings. The van der Waals surface area contributed by atoms with Gasteiger partial charge in [0.05, 0.1) is 0 Å². The molecule has 0 aliphatic heterocycles. The Labute approximate surface area is 83.5 Å². The van der Waals surface area contributed by atoms with Gasteiger partial charge in [0, 0.05) is 18.6 Å². The maximum Gasteiger partial charge on any atom is 0.0164 e. The molecule has 0 fully saturated rings. The summed E-state index contributed by atoms with van der Waals surface area (Å²) in [5, 5.41) is 6.95. The zero-order valence-corrected chi connectivity index (χ0v) is 9.85. The molecular weight excluding hydrogens is 160 g/mol. The number of hydrogen-bond donors (Lipinski definition) is 2. The van der Waals surface area contributed by atoms with Crippen LogP contribution in [0.15, 0.2) is 0 Å². The lowest BCUT2D eigenvalue weighted by Crippen LogP contribution is -2.40. The molecule has 2 unspecified atom stereocenters. The molecule has 0 aromatic heterocycles. The van der Waals surface area contributed by atoms with E-state index >= 15 is 0 Å². The van der Waals surface area contributed by atoms with Crippen molar-refractivity contribution in [3.63, 3.8) is 0 Å². The average Bonchev–Trinajstić information content (AvgIpc) is 2.10. The zero-order chi connectivity index (χ0) is 10.3. The molecule has 80 valence electrons. The molecule has 0 aliphatic carbocycles. The van der Waals surface area contributed by atoms with E-state index < -0.39 is 0 Å². The molecule has 0 aromatic carbocycles. The highest BCUT2D eigenvalue weighted by atomic mass is 15.0. The summed E-state index contributed by atoms with van der Waals surface area (Å²) in [5.74, 6) is 0.793. The molecule has 0 rings (SSSR count). The molecule has 0 aromatic rings. The van der Waals surface area contributed by atoms with Crippen molar-refractivity contribution >= 4 is 0 Å². The average molecular weight is 186 g/mol. The van der Waals surface area contributed by atoms with E-state index in [1.807, 2.05) is 0 Å². The summed E-state index contributed by atoms with van der Waals surface area (Å²) in [5.41, 5.74) is 0. The minimum atomic E-state index is 0.580. The van der Waals surface area contributed by atoms with Gasteiger partial charge in [-0.25, -0.2) is 0 Å². The summed E-state index contributed by atoms with van der Waals surface area (Å²) < 4.78 is 0. The van der Waals surface area contributed by atoms with Crippen LogP contribution < -0.4 is 10.6 Å². The van der Waals surface area contributed by atoms with Gasteiger partial charge < -0.3 is 10.6 Å². The molecule has 0 radical (unpaired) electrons. The van der Waals surface area contributed by atoms with E-state index in [0.29, 0.717) is 12.1 Å². The summed E-state index contributed by atoms with van der Waals surface area (Å²) >= 11 is 0. The van der Waals surface area contributed by atoms with Crippen molar-refractivity contribution in [3.05, 3.63) is 0 Å². The molecule has 0 saturated carbocycles. The molecule has 2 heteroatoms. The fourth-order valence-electron chi connectivity index (χ4n) is 1.03. The van der Waals surface area contributed by atoms with Crippen LogP contribution in [0.25, 0.3) is 0 Å². The molecule has 13 heavy (non-hydrogen) atoms. The Morgan fingerprint density at radius 2 is 1.54 bits per heavy atom. The van der Waals surface area contributed by atoms with E-state index in [0.717, 1.165) is 19.0 Å². The quantitative estimate of drug-likeness (QED) is 0.635. The monoisotopic (exact) mass is 186 g/mol. The van der Waals surface area contributed by atoms with Crippen LogP contribution >= 0.6 is 0 Å². The standard InChI is InChI=1S/C11H26N2/c1-6-10(4)7-13-11(5)8-12-9(2)3/h9-13H,6-8H2,1-5H3. The first-order valence-electron chi connectivity index (χ1n) is 5.53. The van der Waals surface area contributed by atoms with Crippen LogP contribution in [0.1, 0.15) is 41.0 Å². The fraction of sp³-hybridized carbons (Fsp3) is 1.00. The summed E-state index contributed by atoms with van der Waals surface area (Å²) in [4.78, 5) is 0. The van der Waals surface area contributed by atoms with Crippen molar-refractivity contribution in [1.82, 2.24) is 10.6 Å². The second-order valence-electron chi connectivity index (χ2n) is 4.39. The lowest BCUT2D eigenvalue weighted by atomic mass is 10.1. The van der Waals surface area contributed by atoms with Crippen molar-refractivity contribution in [2.24, 2.45) is 5.92 Å². The van der Waals surface area contributed by atoms with E-state index in [2.05, 4.69) is 45.3 Å². The third-order valence-electron chi connectivity index (χ3n) is 2.34. The molecule has 2 nitrogen and oxygen atoms in total. The van der Waals surface area contributed by atoms with Gasteiger partial charge in [-0.2, -0.15) is 0 Å². The van der Waals surface area contributed by atoms with Crippen molar-refractivity contribution in [2.75, 3.05) is 13.1 Å². The predicted molar refractivity (Wildman–Crippen MR) is 60.1 cm³/mol. The summed E-state index contributed by atoms with van der Waals surface area (Å²) in [6.45, 7) is 13.3. The van der Waals surface area contributed by atoms with Crippen LogP contribution in [0, 0.1) is 5.92 Å². The third-order valence-corrected chi connectivity index (χ3v) is 2.34. The van der Waals surface area contributed by atoms with Crippen LogP contribution in [0.4, 0.5) is 0 Å². The van der Waals surface area contributed by atoms with Crippen LogP contribution in [0.5, 0.6) is 0 Å². The molecule has 0 spiro atoms.